The quantitative estimate of drug-likeness (QED) is 0.183. The van der Waals surface area contributed by atoms with Crippen LogP contribution < -0.4 is 0 Å². The third kappa shape index (κ3) is 6.78. The molecule has 1 rings (SSSR count). The van der Waals surface area contributed by atoms with Crippen molar-refractivity contribution in [1.82, 2.24) is 0 Å². The molecule has 0 amide bonds. The zero-order chi connectivity index (χ0) is 25.7. The molecule has 0 saturated carbocycles. The summed E-state index contributed by atoms with van der Waals surface area (Å²) in [5.74, 6) is -2.32. The maximum atomic E-state index is 12.5. The molecule has 0 N–H and O–H groups in total. The number of ether oxygens (including phenoxy) is 4. The molecule has 190 valence electrons. The average molecular weight is 485 g/mol. The van der Waals surface area contributed by atoms with E-state index in [1.165, 1.54) is 20.3 Å². The number of esters is 2. The van der Waals surface area contributed by atoms with Gasteiger partial charge in [0, 0.05) is 31.6 Å². The average Bonchev–Trinajstić information content (AvgIpc) is 2.72. The molecule has 1 fully saturated rings. The molecule has 0 aromatic heterocycles. The summed E-state index contributed by atoms with van der Waals surface area (Å²) < 4.78 is 29.9. The Morgan fingerprint density at radius 1 is 1.21 bits per heavy atom. The molecular formula is C25H44O7Si. The van der Waals surface area contributed by atoms with Gasteiger partial charge in [-0.3, -0.25) is 4.79 Å². The van der Waals surface area contributed by atoms with E-state index in [2.05, 4.69) is 40.4 Å². The minimum absolute atomic E-state index is 0.0200. The van der Waals surface area contributed by atoms with E-state index in [9.17, 15) is 9.59 Å². The summed E-state index contributed by atoms with van der Waals surface area (Å²) in [4.78, 5) is 24.7. The fraction of sp³-hybridized carbons (Fsp3) is 0.760. The number of carbonyl (C=O) groups is 2. The summed E-state index contributed by atoms with van der Waals surface area (Å²) >= 11 is 0. The van der Waals surface area contributed by atoms with E-state index < -0.39 is 37.6 Å². The van der Waals surface area contributed by atoms with Gasteiger partial charge in [-0.2, -0.15) is 0 Å². The van der Waals surface area contributed by atoms with Crippen LogP contribution in [0.5, 0.6) is 0 Å². The summed E-state index contributed by atoms with van der Waals surface area (Å²) in [6, 6.07) is 0. The van der Waals surface area contributed by atoms with E-state index >= 15 is 0 Å². The second kappa shape index (κ2) is 11.3. The third-order valence-electron chi connectivity index (χ3n) is 6.81. The van der Waals surface area contributed by atoms with E-state index in [0.717, 1.165) is 0 Å². The zero-order valence-electron chi connectivity index (χ0n) is 22.2. The van der Waals surface area contributed by atoms with Crippen molar-refractivity contribution in [3.63, 3.8) is 0 Å². The summed E-state index contributed by atoms with van der Waals surface area (Å²) in [5.41, 5.74) is -0.158. The molecule has 1 aliphatic rings. The Labute approximate surface area is 201 Å². The lowest BCUT2D eigenvalue weighted by Gasteiger charge is -2.54. The Morgan fingerprint density at radius 3 is 2.27 bits per heavy atom. The maximum absolute atomic E-state index is 12.5. The van der Waals surface area contributed by atoms with Crippen molar-refractivity contribution in [3.8, 4) is 0 Å². The van der Waals surface area contributed by atoms with Crippen LogP contribution in [0.4, 0.5) is 0 Å². The van der Waals surface area contributed by atoms with Crippen molar-refractivity contribution in [2.75, 3.05) is 20.8 Å². The van der Waals surface area contributed by atoms with Crippen molar-refractivity contribution < 1.29 is 33.0 Å². The van der Waals surface area contributed by atoms with Gasteiger partial charge >= 0.3 is 11.9 Å². The molecule has 3 atom stereocenters. The number of carbonyl (C=O) groups excluding carboxylic acids is 2. The van der Waals surface area contributed by atoms with E-state index in [0.29, 0.717) is 25.0 Å². The standard InChI is InChI=1S/C25H44O7Si/c1-12-14-19-15-18(16-21(27)28-8)22(31-20(26)13-2)25(29-9,32-19)24(6,7)17-30-33(10,11)23(3,4)5/h12,16,19,22H,1,13-15,17H2,2-11H3/b18-16+/t19?,22-,25+/m0/s1. The van der Waals surface area contributed by atoms with Gasteiger partial charge in [0.15, 0.2) is 14.4 Å². The van der Waals surface area contributed by atoms with Crippen LogP contribution in [0, 0.1) is 5.41 Å². The second-order valence-electron chi connectivity index (χ2n) is 10.7. The van der Waals surface area contributed by atoms with Crippen molar-refractivity contribution in [1.29, 1.82) is 0 Å². The first-order valence-electron chi connectivity index (χ1n) is 11.6. The second-order valence-corrected chi connectivity index (χ2v) is 15.5. The van der Waals surface area contributed by atoms with Gasteiger partial charge in [-0.15, -0.1) is 6.58 Å². The number of methoxy groups -OCH3 is 2. The monoisotopic (exact) mass is 484 g/mol. The van der Waals surface area contributed by atoms with Crippen molar-refractivity contribution in [2.24, 2.45) is 5.41 Å². The number of hydrogen-bond donors (Lipinski definition) is 0. The van der Waals surface area contributed by atoms with Crippen LogP contribution in [0.2, 0.25) is 18.1 Å². The first-order valence-corrected chi connectivity index (χ1v) is 14.5. The highest BCUT2D eigenvalue weighted by atomic mass is 28.4. The highest BCUT2D eigenvalue weighted by Gasteiger charge is 2.60. The molecule has 1 saturated heterocycles. The Balaban J connectivity index is 3.59. The topological polar surface area (TPSA) is 80.3 Å². The Morgan fingerprint density at radius 2 is 1.82 bits per heavy atom. The van der Waals surface area contributed by atoms with E-state index in [-0.39, 0.29) is 17.6 Å². The molecule has 1 unspecified atom stereocenters. The summed E-state index contributed by atoms with van der Waals surface area (Å²) in [6.45, 7) is 20.7. The van der Waals surface area contributed by atoms with Gasteiger partial charge in [-0.1, -0.05) is 47.6 Å². The van der Waals surface area contributed by atoms with Gasteiger partial charge in [0.2, 0.25) is 5.79 Å². The number of rotatable bonds is 10. The molecule has 7 nitrogen and oxygen atoms in total. The Hall–Kier alpha value is -1.48. The van der Waals surface area contributed by atoms with Crippen molar-refractivity contribution >= 4 is 20.3 Å². The fourth-order valence-corrected chi connectivity index (χ4v) is 4.77. The summed E-state index contributed by atoms with van der Waals surface area (Å²) in [5, 5.41) is 0.0200. The van der Waals surface area contributed by atoms with Crippen LogP contribution in [-0.4, -0.2) is 59.1 Å². The zero-order valence-corrected chi connectivity index (χ0v) is 23.2. The van der Waals surface area contributed by atoms with Crippen LogP contribution in [0.15, 0.2) is 24.3 Å². The van der Waals surface area contributed by atoms with Crippen LogP contribution >= 0.6 is 0 Å². The van der Waals surface area contributed by atoms with Crippen molar-refractivity contribution in [2.45, 2.75) is 96.9 Å². The largest absolute Gasteiger partial charge is 0.466 e. The van der Waals surface area contributed by atoms with Crippen LogP contribution in [0.1, 0.15) is 60.8 Å². The highest BCUT2D eigenvalue weighted by Crippen LogP contribution is 2.49. The lowest BCUT2D eigenvalue weighted by Crippen LogP contribution is -2.65. The molecule has 8 heteroatoms. The molecule has 1 aliphatic heterocycles. The van der Waals surface area contributed by atoms with Crippen LogP contribution in [-0.2, 0) is 33.0 Å². The Kier molecular flexibility index (Phi) is 10.1. The summed E-state index contributed by atoms with van der Waals surface area (Å²) in [6.07, 6.45) is 2.99. The molecule has 0 bridgehead atoms. The number of hydrogen-bond acceptors (Lipinski definition) is 7. The predicted octanol–water partition coefficient (Wildman–Crippen LogP) is 5.16. The maximum Gasteiger partial charge on any atom is 0.330 e. The molecule has 0 radical (unpaired) electrons. The molecule has 0 spiro atoms. The fourth-order valence-electron chi connectivity index (χ4n) is 3.62. The smallest absolute Gasteiger partial charge is 0.330 e. The van der Waals surface area contributed by atoms with E-state index in [1.807, 2.05) is 13.8 Å². The van der Waals surface area contributed by atoms with Crippen LogP contribution in [0.3, 0.4) is 0 Å². The third-order valence-corrected chi connectivity index (χ3v) is 11.3. The SMILES string of the molecule is C=CCC1C/C(=C\C(=O)OC)[C@H](OC(=O)CC)[C@](OC)(C(C)(C)CO[Si](C)(C)C(C)(C)C)O1. The van der Waals surface area contributed by atoms with Crippen molar-refractivity contribution in [3.05, 3.63) is 24.3 Å². The van der Waals surface area contributed by atoms with Crippen LogP contribution in [0.25, 0.3) is 0 Å². The predicted molar refractivity (Wildman–Crippen MR) is 131 cm³/mol. The molecule has 1 heterocycles. The van der Waals surface area contributed by atoms with Gasteiger partial charge < -0.3 is 23.4 Å². The molecule has 33 heavy (non-hydrogen) atoms. The molecule has 0 aliphatic carbocycles. The first-order chi connectivity index (χ1) is 15.1. The van der Waals surface area contributed by atoms with Gasteiger partial charge in [-0.25, -0.2) is 4.79 Å². The first kappa shape index (κ1) is 29.5. The normalized spacial score (nSPS) is 25.6. The molecular weight excluding hydrogens is 440 g/mol. The lowest BCUT2D eigenvalue weighted by atomic mass is 9.75. The minimum Gasteiger partial charge on any atom is -0.466 e. The lowest BCUT2D eigenvalue weighted by molar-refractivity contribution is -0.348. The Bertz CT molecular complexity index is 736. The van der Waals surface area contributed by atoms with E-state index in [4.69, 9.17) is 23.4 Å². The van der Waals surface area contributed by atoms with Gasteiger partial charge in [0.25, 0.3) is 0 Å². The highest BCUT2D eigenvalue weighted by molar-refractivity contribution is 6.74. The summed E-state index contributed by atoms with van der Waals surface area (Å²) in [7, 11) is 0.758. The van der Waals surface area contributed by atoms with Gasteiger partial charge in [-0.05, 0) is 36.5 Å². The van der Waals surface area contributed by atoms with E-state index in [1.54, 1.807) is 13.0 Å². The molecule has 0 aromatic carbocycles. The van der Waals surface area contributed by atoms with Gasteiger partial charge in [0.05, 0.1) is 13.2 Å². The van der Waals surface area contributed by atoms with Gasteiger partial charge in [0.1, 0.15) is 0 Å². The molecule has 0 aromatic rings. The minimum atomic E-state index is -2.09.